The average molecular weight is 425 g/mol. The van der Waals surface area contributed by atoms with Crippen molar-refractivity contribution in [2.24, 2.45) is 5.73 Å². The fraction of sp³-hybridized carbons (Fsp3) is 0.154. The van der Waals surface area contributed by atoms with Crippen LogP contribution in [-0.4, -0.2) is 23.0 Å². The molecule has 32 heavy (non-hydrogen) atoms. The second-order valence-corrected chi connectivity index (χ2v) is 8.03. The number of rotatable bonds is 6. The predicted octanol–water partition coefficient (Wildman–Crippen LogP) is 4.03. The zero-order valence-corrected chi connectivity index (χ0v) is 17.5. The molecule has 0 aliphatic carbocycles. The molecule has 2 amide bonds. The van der Waals surface area contributed by atoms with Crippen LogP contribution >= 0.6 is 0 Å². The SMILES string of the molecule is NC(=O)COc1ccc([C@H]2CC(=O)Nc3cccc4c3c2cn4Cc2ccccc2)cc1. The average Bonchev–Trinajstić information content (AvgIpc) is 3.09. The smallest absolute Gasteiger partial charge is 0.255 e. The van der Waals surface area contributed by atoms with Crippen molar-refractivity contribution >= 4 is 28.4 Å². The van der Waals surface area contributed by atoms with Gasteiger partial charge in [-0.15, -0.1) is 0 Å². The lowest BCUT2D eigenvalue weighted by molar-refractivity contribution is -0.120. The van der Waals surface area contributed by atoms with Gasteiger partial charge in [0.25, 0.3) is 5.91 Å². The summed E-state index contributed by atoms with van der Waals surface area (Å²) in [6, 6.07) is 23.9. The number of ether oxygens (including phenoxy) is 1. The Balaban J connectivity index is 1.56. The van der Waals surface area contributed by atoms with E-state index in [1.807, 2.05) is 54.6 Å². The summed E-state index contributed by atoms with van der Waals surface area (Å²) < 4.78 is 7.63. The largest absolute Gasteiger partial charge is 0.484 e. The second-order valence-electron chi connectivity index (χ2n) is 8.03. The summed E-state index contributed by atoms with van der Waals surface area (Å²) in [7, 11) is 0. The van der Waals surface area contributed by atoms with Crippen LogP contribution in [-0.2, 0) is 16.1 Å². The van der Waals surface area contributed by atoms with Crippen molar-refractivity contribution in [3.63, 3.8) is 0 Å². The quantitative estimate of drug-likeness (QED) is 0.489. The summed E-state index contributed by atoms with van der Waals surface area (Å²) in [5, 5.41) is 4.16. The topological polar surface area (TPSA) is 86.4 Å². The zero-order chi connectivity index (χ0) is 22.1. The van der Waals surface area contributed by atoms with Crippen molar-refractivity contribution < 1.29 is 14.3 Å². The standard InChI is InChI=1S/C26H23N3O3/c27-24(30)16-32-19-11-9-18(10-12-19)20-13-25(31)28-22-7-4-8-23-26(22)21(20)15-29(23)14-17-5-2-1-3-6-17/h1-12,15,20H,13-14,16H2,(H2,27,30)(H,28,31)/t20-/m1/s1. The molecule has 0 fully saturated rings. The molecule has 4 aromatic rings. The fourth-order valence-corrected chi connectivity index (χ4v) is 4.41. The van der Waals surface area contributed by atoms with E-state index in [0.29, 0.717) is 12.2 Å². The van der Waals surface area contributed by atoms with Crippen LogP contribution in [0.15, 0.2) is 79.0 Å². The Morgan fingerprint density at radius 2 is 1.81 bits per heavy atom. The number of aromatic nitrogens is 1. The molecule has 1 atom stereocenters. The number of carbonyl (C=O) groups is 2. The molecular weight excluding hydrogens is 402 g/mol. The van der Waals surface area contributed by atoms with Crippen LogP contribution in [0.5, 0.6) is 5.75 Å². The molecule has 0 spiro atoms. The number of nitrogens with two attached hydrogens (primary N) is 1. The number of nitrogens with one attached hydrogen (secondary N) is 1. The lowest BCUT2D eigenvalue weighted by Crippen LogP contribution is -2.20. The van der Waals surface area contributed by atoms with Crippen molar-refractivity contribution in [3.05, 3.63) is 95.7 Å². The summed E-state index contributed by atoms with van der Waals surface area (Å²) >= 11 is 0. The molecule has 3 N–H and O–H groups in total. The highest BCUT2D eigenvalue weighted by Gasteiger charge is 2.27. The van der Waals surface area contributed by atoms with Gasteiger partial charge < -0.3 is 20.4 Å². The van der Waals surface area contributed by atoms with Crippen LogP contribution in [0.2, 0.25) is 0 Å². The third-order valence-corrected chi connectivity index (χ3v) is 5.83. The fourth-order valence-electron chi connectivity index (χ4n) is 4.41. The van der Waals surface area contributed by atoms with E-state index in [2.05, 4.69) is 34.3 Å². The van der Waals surface area contributed by atoms with Gasteiger partial charge in [-0.25, -0.2) is 0 Å². The third kappa shape index (κ3) is 3.83. The maximum absolute atomic E-state index is 12.7. The number of hydrogen-bond donors (Lipinski definition) is 2. The highest BCUT2D eigenvalue weighted by atomic mass is 16.5. The Kier molecular flexibility index (Phi) is 5.11. The number of nitrogens with zero attached hydrogens (tertiary/aromatic N) is 1. The Bertz CT molecular complexity index is 1290. The van der Waals surface area contributed by atoms with Gasteiger partial charge in [-0.2, -0.15) is 0 Å². The van der Waals surface area contributed by atoms with Crippen molar-refractivity contribution in [2.75, 3.05) is 11.9 Å². The minimum absolute atomic E-state index is 0.0117. The summed E-state index contributed by atoms with van der Waals surface area (Å²) in [5.41, 5.74) is 10.4. The lowest BCUT2D eigenvalue weighted by Gasteiger charge is -2.15. The van der Waals surface area contributed by atoms with Gasteiger partial charge in [-0.3, -0.25) is 9.59 Å². The summed E-state index contributed by atoms with van der Waals surface area (Å²) in [5.74, 6) is -0.0585. The molecule has 0 saturated carbocycles. The van der Waals surface area contributed by atoms with Crippen LogP contribution < -0.4 is 15.8 Å². The number of amides is 2. The van der Waals surface area contributed by atoms with Gasteiger partial charge in [-0.05, 0) is 41.0 Å². The van der Waals surface area contributed by atoms with Gasteiger partial charge in [0.2, 0.25) is 5.91 Å². The number of benzene rings is 3. The van der Waals surface area contributed by atoms with Crippen molar-refractivity contribution in [3.8, 4) is 5.75 Å². The monoisotopic (exact) mass is 425 g/mol. The van der Waals surface area contributed by atoms with E-state index in [1.54, 1.807) is 0 Å². The van der Waals surface area contributed by atoms with E-state index in [1.165, 1.54) is 5.56 Å². The molecule has 0 unspecified atom stereocenters. The van der Waals surface area contributed by atoms with Crippen LogP contribution in [0.25, 0.3) is 10.9 Å². The minimum Gasteiger partial charge on any atom is -0.484 e. The van der Waals surface area contributed by atoms with Gasteiger partial charge in [-0.1, -0.05) is 48.5 Å². The lowest BCUT2D eigenvalue weighted by atomic mass is 9.88. The molecule has 2 heterocycles. The highest BCUT2D eigenvalue weighted by molar-refractivity contribution is 6.06. The number of carbonyl (C=O) groups excluding carboxylic acids is 2. The third-order valence-electron chi connectivity index (χ3n) is 5.83. The molecule has 0 radical (unpaired) electrons. The number of hydrogen-bond acceptors (Lipinski definition) is 3. The zero-order valence-electron chi connectivity index (χ0n) is 17.5. The first-order valence-electron chi connectivity index (χ1n) is 10.5. The van der Waals surface area contributed by atoms with Gasteiger partial charge in [0.05, 0.1) is 11.2 Å². The van der Waals surface area contributed by atoms with Gasteiger partial charge in [0.1, 0.15) is 5.75 Å². The summed E-state index contributed by atoms with van der Waals surface area (Å²) in [4.78, 5) is 23.7. The van der Waals surface area contributed by atoms with Crippen molar-refractivity contribution in [1.29, 1.82) is 0 Å². The molecule has 160 valence electrons. The highest BCUT2D eigenvalue weighted by Crippen LogP contribution is 2.41. The van der Waals surface area contributed by atoms with Crippen LogP contribution in [0.4, 0.5) is 5.69 Å². The maximum Gasteiger partial charge on any atom is 0.255 e. The first kappa shape index (κ1) is 19.9. The second kappa shape index (κ2) is 8.23. The summed E-state index contributed by atoms with van der Waals surface area (Å²) in [6.45, 7) is 0.586. The van der Waals surface area contributed by atoms with Crippen molar-refractivity contribution in [1.82, 2.24) is 4.57 Å². The van der Waals surface area contributed by atoms with Crippen LogP contribution in [0.3, 0.4) is 0 Å². The molecule has 1 aliphatic rings. The van der Waals surface area contributed by atoms with E-state index in [4.69, 9.17) is 10.5 Å². The molecule has 1 aliphatic heterocycles. The van der Waals surface area contributed by atoms with Crippen LogP contribution in [0, 0.1) is 0 Å². The Labute approximate surface area is 185 Å². The van der Waals surface area contributed by atoms with E-state index in [0.717, 1.165) is 34.3 Å². The normalized spacial score (nSPS) is 15.2. The molecule has 3 aromatic carbocycles. The summed E-state index contributed by atoms with van der Waals surface area (Å²) in [6.07, 6.45) is 2.52. The first-order valence-corrected chi connectivity index (χ1v) is 10.5. The molecular formula is C26H23N3O3. The first-order chi connectivity index (χ1) is 15.6. The number of primary amides is 1. The van der Waals surface area contributed by atoms with E-state index >= 15 is 0 Å². The predicted molar refractivity (Wildman–Crippen MR) is 124 cm³/mol. The Hall–Kier alpha value is -4.06. The van der Waals surface area contributed by atoms with Gasteiger partial charge >= 0.3 is 0 Å². The molecule has 0 bridgehead atoms. The molecule has 5 rings (SSSR count). The molecule has 1 aromatic heterocycles. The van der Waals surface area contributed by atoms with E-state index in [-0.39, 0.29) is 18.4 Å². The molecule has 6 heteroatoms. The molecule has 0 saturated heterocycles. The van der Waals surface area contributed by atoms with Gasteiger partial charge in [0, 0.05) is 30.5 Å². The van der Waals surface area contributed by atoms with Gasteiger partial charge in [0.15, 0.2) is 6.61 Å². The Morgan fingerprint density at radius 3 is 2.56 bits per heavy atom. The van der Waals surface area contributed by atoms with E-state index in [9.17, 15) is 9.59 Å². The minimum atomic E-state index is -0.520. The van der Waals surface area contributed by atoms with Crippen LogP contribution in [0.1, 0.15) is 29.0 Å². The van der Waals surface area contributed by atoms with Crippen molar-refractivity contribution in [2.45, 2.75) is 18.9 Å². The number of anilines is 1. The maximum atomic E-state index is 12.7. The van der Waals surface area contributed by atoms with E-state index < -0.39 is 5.91 Å². The Morgan fingerprint density at radius 1 is 1.03 bits per heavy atom. The molecule has 6 nitrogen and oxygen atoms in total.